The average molecular weight is 148 g/mol. The molecule has 0 radical (unpaired) electrons. The number of aliphatic carboxylic acids is 1. The molecule has 0 bridgehead atoms. The molecule has 0 saturated heterocycles. The lowest BCUT2D eigenvalue weighted by Gasteiger charge is -2.21. The van der Waals surface area contributed by atoms with Gasteiger partial charge >= 0.3 is 5.97 Å². The molecule has 3 N–H and O–H groups in total. The second-order valence-electron chi connectivity index (χ2n) is 2.70. The van der Waals surface area contributed by atoms with E-state index < -0.39 is 11.4 Å². The first-order chi connectivity index (χ1) is 4.54. The van der Waals surface area contributed by atoms with Gasteiger partial charge in [0.15, 0.2) is 0 Å². The van der Waals surface area contributed by atoms with E-state index in [1.165, 1.54) is 6.92 Å². The number of rotatable bonds is 4. The van der Waals surface area contributed by atoms with Gasteiger partial charge < -0.3 is 15.3 Å². The number of carboxylic acids is 1. The fourth-order valence-corrected chi connectivity index (χ4v) is 0.527. The zero-order chi connectivity index (χ0) is 8.20. The number of aliphatic hydroxyl groups excluding tert-OH is 2. The van der Waals surface area contributed by atoms with E-state index >= 15 is 0 Å². The lowest BCUT2D eigenvalue weighted by molar-refractivity contribution is -0.141. The maximum absolute atomic E-state index is 10.1. The standard InChI is InChI=1S/C6H12O4/c1-6(3-7,4-8)2-5(9)10/h7-8H,2-4H2,1H3,(H,9,10). The highest BCUT2D eigenvalue weighted by Crippen LogP contribution is 2.18. The van der Waals surface area contributed by atoms with Gasteiger partial charge in [0.2, 0.25) is 0 Å². The third kappa shape index (κ3) is 2.80. The average Bonchev–Trinajstić information content (AvgIpc) is 1.87. The van der Waals surface area contributed by atoms with Gasteiger partial charge in [0.1, 0.15) is 0 Å². The molecular formula is C6H12O4. The molecule has 0 heterocycles. The summed E-state index contributed by atoms with van der Waals surface area (Å²) in [5.74, 6) is -1.01. The lowest BCUT2D eigenvalue weighted by atomic mass is 9.89. The van der Waals surface area contributed by atoms with E-state index in [0.29, 0.717) is 0 Å². The molecule has 0 atom stereocenters. The minimum Gasteiger partial charge on any atom is -0.481 e. The molecule has 0 aliphatic carbocycles. The fourth-order valence-electron chi connectivity index (χ4n) is 0.527. The Balaban J connectivity index is 3.92. The number of carboxylic acid groups (broad SMARTS) is 1. The quantitative estimate of drug-likeness (QED) is 0.500. The van der Waals surface area contributed by atoms with Crippen molar-refractivity contribution >= 4 is 5.97 Å². The van der Waals surface area contributed by atoms with E-state index in [2.05, 4.69) is 0 Å². The minimum atomic E-state index is -1.01. The highest BCUT2D eigenvalue weighted by atomic mass is 16.4. The van der Waals surface area contributed by atoms with Crippen LogP contribution in [0, 0.1) is 5.41 Å². The van der Waals surface area contributed by atoms with Crippen molar-refractivity contribution in [2.24, 2.45) is 5.41 Å². The molecule has 4 heteroatoms. The largest absolute Gasteiger partial charge is 0.481 e. The highest BCUT2D eigenvalue weighted by Gasteiger charge is 2.25. The van der Waals surface area contributed by atoms with Crippen LogP contribution in [0.2, 0.25) is 0 Å². The summed E-state index contributed by atoms with van der Waals surface area (Å²) in [6.07, 6.45) is -0.208. The van der Waals surface area contributed by atoms with Crippen LogP contribution in [0.4, 0.5) is 0 Å². The third-order valence-electron chi connectivity index (χ3n) is 1.34. The van der Waals surface area contributed by atoms with E-state index in [9.17, 15) is 4.79 Å². The van der Waals surface area contributed by atoms with E-state index in [1.807, 2.05) is 0 Å². The van der Waals surface area contributed by atoms with E-state index in [0.717, 1.165) is 0 Å². The Morgan fingerprint density at radius 2 is 1.80 bits per heavy atom. The molecule has 0 aliphatic rings. The van der Waals surface area contributed by atoms with Crippen LogP contribution >= 0.6 is 0 Å². The lowest BCUT2D eigenvalue weighted by Crippen LogP contribution is -2.28. The molecule has 10 heavy (non-hydrogen) atoms. The SMILES string of the molecule is CC(CO)(CO)CC(=O)O. The Kier molecular flexibility index (Phi) is 3.32. The zero-order valence-electron chi connectivity index (χ0n) is 5.87. The topological polar surface area (TPSA) is 77.8 Å². The molecule has 0 aromatic carbocycles. The van der Waals surface area contributed by atoms with Crippen LogP contribution in [0.15, 0.2) is 0 Å². The monoisotopic (exact) mass is 148 g/mol. The first-order valence-electron chi connectivity index (χ1n) is 2.97. The van der Waals surface area contributed by atoms with Crippen molar-refractivity contribution in [1.82, 2.24) is 0 Å². The van der Waals surface area contributed by atoms with Gasteiger partial charge in [-0.25, -0.2) is 0 Å². The van der Waals surface area contributed by atoms with Gasteiger partial charge in [0.05, 0.1) is 19.6 Å². The Labute approximate surface area is 59.1 Å². The summed E-state index contributed by atoms with van der Waals surface area (Å²) in [4.78, 5) is 10.1. The van der Waals surface area contributed by atoms with E-state index in [-0.39, 0.29) is 19.6 Å². The van der Waals surface area contributed by atoms with Gasteiger partial charge in [-0.05, 0) is 0 Å². The fraction of sp³-hybridized carbons (Fsp3) is 0.833. The number of hydrogen-bond donors (Lipinski definition) is 3. The smallest absolute Gasteiger partial charge is 0.304 e. The number of aliphatic hydroxyl groups is 2. The summed E-state index contributed by atoms with van der Waals surface area (Å²) in [5, 5.41) is 25.5. The summed E-state index contributed by atoms with van der Waals surface area (Å²) in [6.45, 7) is 0.896. The summed E-state index contributed by atoms with van der Waals surface area (Å²) in [7, 11) is 0. The van der Waals surface area contributed by atoms with Crippen molar-refractivity contribution in [2.75, 3.05) is 13.2 Å². The van der Waals surface area contributed by atoms with Gasteiger partial charge in [0.25, 0.3) is 0 Å². The van der Waals surface area contributed by atoms with Crippen LogP contribution in [-0.2, 0) is 4.79 Å². The van der Waals surface area contributed by atoms with Gasteiger partial charge in [-0.1, -0.05) is 6.92 Å². The van der Waals surface area contributed by atoms with Crippen molar-refractivity contribution in [3.63, 3.8) is 0 Å². The third-order valence-corrected chi connectivity index (χ3v) is 1.34. The first kappa shape index (κ1) is 9.39. The van der Waals surface area contributed by atoms with Gasteiger partial charge in [-0.2, -0.15) is 0 Å². The molecule has 0 spiro atoms. The van der Waals surface area contributed by atoms with Gasteiger partial charge in [-0.3, -0.25) is 4.79 Å². The van der Waals surface area contributed by atoms with Crippen molar-refractivity contribution in [2.45, 2.75) is 13.3 Å². The molecule has 0 saturated carbocycles. The van der Waals surface area contributed by atoms with Crippen LogP contribution in [0.3, 0.4) is 0 Å². The zero-order valence-corrected chi connectivity index (χ0v) is 5.87. The van der Waals surface area contributed by atoms with Crippen LogP contribution in [0.25, 0.3) is 0 Å². The Morgan fingerprint density at radius 3 is 1.90 bits per heavy atom. The molecule has 4 nitrogen and oxygen atoms in total. The Morgan fingerprint density at radius 1 is 1.40 bits per heavy atom. The molecule has 0 aliphatic heterocycles. The maximum atomic E-state index is 10.1. The summed E-state index contributed by atoms with van der Waals surface area (Å²) in [5.41, 5.74) is -0.883. The van der Waals surface area contributed by atoms with Gasteiger partial charge in [0, 0.05) is 5.41 Å². The van der Waals surface area contributed by atoms with Crippen LogP contribution in [0.5, 0.6) is 0 Å². The molecular weight excluding hydrogens is 136 g/mol. The Bertz CT molecular complexity index is 117. The Hall–Kier alpha value is -0.610. The number of carbonyl (C=O) groups is 1. The molecule has 0 unspecified atom stereocenters. The normalized spacial score (nSPS) is 11.5. The predicted octanol–water partition coefficient (Wildman–Crippen LogP) is -0.548. The summed E-state index contributed by atoms with van der Waals surface area (Å²) in [6, 6.07) is 0. The molecule has 0 aromatic rings. The van der Waals surface area contributed by atoms with Crippen LogP contribution < -0.4 is 0 Å². The molecule has 0 aromatic heterocycles. The van der Waals surface area contributed by atoms with E-state index in [1.54, 1.807) is 0 Å². The predicted molar refractivity (Wildman–Crippen MR) is 34.5 cm³/mol. The van der Waals surface area contributed by atoms with Crippen molar-refractivity contribution < 1.29 is 20.1 Å². The minimum absolute atomic E-state index is 0.208. The van der Waals surface area contributed by atoms with Gasteiger partial charge in [-0.15, -0.1) is 0 Å². The van der Waals surface area contributed by atoms with Crippen molar-refractivity contribution in [3.8, 4) is 0 Å². The summed E-state index contributed by atoms with van der Waals surface area (Å²) >= 11 is 0. The molecule has 60 valence electrons. The summed E-state index contributed by atoms with van der Waals surface area (Å²) < 4.78 is 0. The van der Waals surface area contributed by atoms with E-state index in [4.69, 9.17) is 15.3 Å². The molecule has 0 rings (SSSR count). The highest BCUT2D eigenvalue weighted by molar-refractivity contribution is 5.67. The molecule has 0 fully saturated rings. The van der Waals surface area contributed by atoms with Crippen molar-refractivity contribution in [1.29, 1.82) is 0 Å². The second kappa shape index (κ2) is 3.53. The molecule has 0 amide bonds. The van der Waals surface area contributed by atoms with Crippen LogP contribution in [0.1, 0.15) is 13.3 Å². The number of hydrogen-bond acceptors (Lipinski definition) is 3. The van der Waals surface area contributed by atoms with Crippen LogP contribution in [-0.4, -0.2) is 34.5 Å². The maximum Gasteiger partial charge on any atom is 0.304 e. The first-order valence-corrected chi connectivity index (χ1v) is 2.97. The van der Waals surface area contributed by atoms with Crippen molar-refractivity contribution in [3.05, 3.63) is 0 Å². The second-order valence-corrected chi connectivity index (χ2v) is 2.70.